The molecule has 0 spiro atoms. The predicted octanol–water partition coefficient (Wildman–Crippen LogP) is 3.21. The third-order valence-corrected chi connectivity index (χ3v) is 4.64. The van der Waals surface area contributed by atoms with Gasteiger partial charge in [0.05, 0.1) is 5.75 Å². The number of carbonyl (C=O) groups is 1. The molecule has 22 heavy (non-hydrogen) atoms. The van der Waals surface area contributed by atoms with Crippen LogP contribution < -0.4 is 5.32 Å². The summed E-state index contributed by atoms with van der Waals surface area (Å²) in [6.45, 7) is 4.96. The van der Waals surface area contributed by atoms with Gasteiger partial charge in [-0.1, -0.05) is 29.5 Å². The second kappa shape index (κ2) is 6.52. The van der Waals surface area contributed by atoms with Crippen molar-refractivity contribution in [2.75, 3.05) is 11.1 Å². The van der Waals surface area contributed by atoms with Crippen molar-refractivity contribution in [1.29, 1.82) is 0 Å². The number of hydrogen-bond donors (Lipinski definition) is 1. The van der Waals surface area contributed by atoms with Crippen LogP contribution in [-0.2, 0) is 11.3 Å². The molecule has 0 aliphatic heterocycles. The van der Waals surface area contributed by atoms with Gasteiger partial charge < -0.3 is 9.88 Å². The Morgan fingerprint density at radius 2 is 2.05 bits per heavy atom. The van der Waals surface area contributed by atoms with Crippen LogP contribution in [0.5, 0.6) is 0 Å². The molecule has 1 fully saturated rings. The van der Waals surface area contributed by atoms with Crippen LogP contribution in [0.3, 0.4) is 0 Å². The van der Waals surface area contributed by atoms with E-state index in [-0.39, 0.29) is 5.91 Å². The standard InChI is InChI=1S/C16H20N4OS/c1-3-20-15(12-6-7-12)18-19-16(20)22-10-14(21)17-13-8-4-11(2)5-9-13/h4-5,8-9,12H,3,6-7,10H2,1-2H3,(H,17,21). The second-order valence-corrected chi connectivity index (χ2v) is 6.50. The molecule has 6 heteroatoms. The summed E-state index contributed by atoms with van der Waals surface area (Å²) in [5.41, 5.74) is 2.00. The van der Waals surface area contributed by atoms with E-state index in [1.54, 1.807) is 0 Å². The fourth-order valence-electron chi connectivity index (χ4n) is 2.31. The minimum absolute atomic E-state index is 0.0209. The number of aryl methyl sites for hydroxylation is 1. The number of carbonyl (C=O) groups excluding carboxylic acids is 1. The zero-order chi connectivity index (χ0) is 15.5. The molecule has 2 aromatic rings. The largest absolute Gasteiger partial charge is 0.325 e. The molecule has 1 amide bonds. The van der Waals surface area contributed by atoms with Crippen LogP contribution >= 0.6 is 11.8 Å². The summed E-state index contributed by atoms with van der Waals surface area (Å²) in [4.78, 5) is 12.0. The van der Waals surface area contributed by atoms with E-state index >= 15 is 0 Å². The van der Waals surface area contributed by atoms with Crippen molar-refractivity contribution in [3.8, 4) is 0 Å². The second-order valence-electron chi connectivity index (χ2n) is 5.56. The first-order chi connectivity index (χ1) is 10.7. The number of aromatic nitrogens is 3. The van der Waals surface area contributed by atoms with Gasteiger partial charge in [-0.15, -0.1) is 10.2 Å². The molecule has 1 aromatic heterocycles. The van der Waals surface area contributed by atoms with Crippen LogP contribution in [0, 0.1) is 6.92 Å². The molecule has 3 rings (SSSR count). The molecule has 0 unspecified atom stereocenters. The first kappa shape index (κ1) is 15.1. The molecule has 1 aliphatic carbocycles. The van der Waals surface area contributed by atoms with Gasteiger partial charge in [-0.2, -0.15) is 0 Å². The Bertz CT molecular complexity index is 661. The number of amides is 1. The number of thioether (sulfide) groups is 1. The van der Waals surface area contributed by atoms with Crippen molar-refractivity contribution < 1.29 is 4.79 Å². The highest BCUT2D eigenvalue weighted by Crippen LogP contribution is 2.39. The van der Waals surface area contributed by atoms with Crippen molar-refractivity contribution in [3.05, 3.63) is 35.7 Å². The molecule has 1 heterocycles. The Morgan fingerprint density at radius 3 is 2.68 bits per heavy atom. The molecule has 1 N–H and O–H groups in total. The van der Waals surface area contributed by atoms with E-state index in [0.29, 0.717) is 11.7 Å². The first-order valence-electron chi connectivity index (χ1n) is 7.59. The summed E-state index contributed by atoms with van der Waals surface area (Å²) in [6, 6.07) is 7.80. The monoisotopic (exact) mass is 316 g/mol. The van der Waals surface area contributed by atoms with Crippen LogP contribution in [-0.4, -0.2) is 26.4 Å². The van der Waals surface area contributed by atoms with Gasteiger partial charge in [-0.25, -0.2) is 0 Å². The summed E-state index contributed by atoms with van der Waals surface area (Å²) in [6.07, 6.45) is 2.41. The highest BCUT2D eigenvalue weighted by Gasteiger charge is 2.30. The lowest BCUT2D eigenvalue weighted by Crippen LogP contribution is -2.14. The Hall–Kier alpha value is -1.82. The normalized spacial score (nSPS) is 14.1. The van der Waals surface area contributed by atoms with Crippen LogP contribution in [0.2, 0.25) is 0 Å². The van der Waals surface area contributed by atoms with Crippen molar-refractivity contribution in [1.82, 2.24) is 14.8 Å². The Labute approximate surface area is 134 Å². The van der Waals surface area contributed by atoms with Crippen molar-refractivity contribution in [3.63, 3.8) is 0 Å². The Morgan fingerprint density at radius 1 is 1.32 bits per heavy atom. The van der Waals surface area contributed by atoms with Crippen molar-refractivity contribution in [2.24, 2.45) is 0 Å². The Balaban J connectivity index is 1.57. The molecule has 0 atom stereocenters. The lowest BCUT2D eigenvalue weighted by Gasteiger charge is -2.07. The lowest BCUT2D eigenvalue weighted by molar-refractivity contribution is -0.113. The van der Waals surface area contributed by atoms with Gasteiger partial charge in [0.25, 0.3) is 0 Å². The van der Waals surface area contributed by atoms with Crippen molar-refractivity contribution in [2.45, 2.75) is 44.3 Å². The number of hydrogen-bond acceptors (Lipinski definition) is 4. The summed E-state index contributed by atoms with van der Waals surface area (Å²) in [5, 5.41) is 12.3. The first-order valence-corrected chi connectivity index (χ1v) is 8.58. The maximum Gasteiger partial charge on any atom is 0.234 e. The molecule has 0 radical (unpaired) electrons. The van der Waals surface area contributed by atoms with Crippen LogP contribution in [0.4, 0.5) is 5.69 Å². The maximum absolute atomic E-state index is 12.0. The van der Waals surface area contributed by atoms with E-state index in [1.165, 1.54) is 30.2 Å². The van der Waals surface area contributed by atoms with Gasteiger partial charge in [0.2, 0.25) is 5.91 Å². The third-order valence-electron chi connectivity index (χ3n) is 3.67. The highest BCUT2D eigenvalue weighted by molar-refractivity contribution is 7.99. The molecule has 0 saturated heterocycles. The van der Waals surface area contributed by atoms with Gasteiger partial charge in [-0.3, -0.25) is 4.79 Å². The number of nitrogens with zero attached hydrogens (tertiary/aromatic N) is 3. The fourth-order valence-corrected chi connectivity index (χ4v) is 3.12. The van der Waals surface area contributed by atoms with E-state index < -0.39 is 0 Å². The van der Waals surface area contributed by atoms with Crippen LogP contribution in [0.1, 0.15) is 37.1 Å². The van der Waals surface area contributed by atoms with Crippen LogP contribution in [0.15, 0.2) is 29.4 Å². The van der Waals surface area contributed by atoms with E-state index in [9.17, 15) is 4.79 Å². The maximum atomic E-state index is 12.0. The topological polar surface area (TPSA) is 59.8 Å². The van der Waals surface area contributed by atoms with Crippen LogP contribution in [0.25, 0.3) is 0 Å². The van der Waals surface area contributed by atoms with Crippen molar-refractivity contribution >= 4 is 23.4 Å². The smallest absolute Gasteiger partial charge is 0.234 e. The number of anilines is 1. The van der Waals surface area contributed by atoms with E-state index in [0.717, 1.165) is 23.2 Å². The molecular formula is C16H20N4OS. The van der Waals surface area contributed by atoms with Gasteiger partial charge in [-0.05, 0) is 38.8 Å². The average Bonchev–Trinajstić information content (AvgIpc) is 3.27. The number of rotatable bonds is 6. The molecular weight excluding hydrogens is 296 g/mol. The minimum atomic E-state index is -0.0209. The third kappa shape index (κ3) is 3.50. The number of nitrogens with one attached hydrogen (secondary N) is 1. The van der Waals surface area contributed by atoms with E-state index in [1.807, 2.05) is 31.2 Å². The van der Waals surface area contributed by atoms with Gasteiger partial charge in [0.15, 0.2) is 5.16 Å². The molecule has 1 aromatic carbocycles. The molecule has 1 saturated carbocycles. The summed E-state index contributed by atoms with van der Waals surface area (Å²) in [5.74, 6) is 1.97. The van der Waals surface area contributed by atoms with Gasteiger partial charge >= 0.3 is 0 Å². The van der Waals surface area contributed by atoms with E-state index in [2.05, 4.69) is 27.0 Å². The minimum Gasteiger partial charge on any atom is -0.325 e. The zero-order valence-electron chi connectivity index (χ0n) is 12.9. The lowest BCUT2D eigenvalue weighted by atomic mass is 10.2. The Kier molecular flexibility index (Phi) is 4.47. The molecule has 5 nitrogen and oxygen atoms in total. The fraction of sp³-hybridized carbons (Fsp3) is 0.438. The SMILES string of the molecule is CCn1c(SCC(=O)Nc2ccc(C)cc2)nnc1C1CC1. The predicted molar refractivity (Wildman–Crippen MR) is 88.2 cm³/mol. The van der Waals surface area contributed by atoms with Gasteiger partial charge in [0.1, 0.15) is 5.82 Å². The molecule has 0 bridgehead atoms. The highest BCUT2D eigenvalue weighted by atomic mass is 32.2. The number of benzene rings is 1. The zero-order valence-corrected chi connectivity index (χ0v) is 13.7. The average molecular weight is 316 g/mol. The molecule has 1 aliphatic rings. The summed E-state index contributed by atoms with van der Waals surface area (Å²) in [7, 11) is 0. The summed E-state index contributed by atoms with van der Waals surface area (Å²) >= 11 is 1.45. The molecule has 116 valence electrons. The quantitative estimate of drug-likeness (QED) is 0.831. The summed E-state index contributed by atoms with van der Waals surface area (Å²) < 4.78 is 2.13. The van der Waals surface area contributed by atoms with Gasteiger partial charge in [0, 0.05) is 18.2 Å². The van der Waals surface area contributed by atoms with E-state index in [4.69, 9.17) is 0 Å².